The van der Waals surface area contributed by atoms with E-state index in [1.54, 1.807) is 6.07 Å². The van der Waals surface area contributed by atoms with E-state index in [0.29, 0.717) is 5.82 Å². The van der Waals surface area contributed by atoms with Gasteiger partial charge >= 0.3 is 5.97 Å². The second-order valence-corrected chi connectivity index (χ2v) is 4.33. The fourth-order valence-electron chi connectivity index (χ4n) is 2.13. The van der Waals surface area contributed by atoms with Gasteiger partial charge in [0.15, 0.2) is 5.82 Å². The third-order valence-electron chi connectivity index (χ3n) is 3.10. The monoisotopic (exact) mass is 251 g/mol. The molecule has 0 amide bonds. The first-order valence-electron chi connectivity index (χ1n) is 6.12. The first-order valence-corrected chi connectivity index (χ1v) is 6.12. The zero-order valence-corrected chi connectivity index (χ0v) is 10.4. The largest absolute Gasteiger partial charge is 0.479 e. The van der Waals surface area contributed by atoms with Crippen LogP contribution in [0.2, 0.25) is 0 Å². The SMILES string of the molecule is COc1nnc(N2CCCCCC2)cc1C(=O)O. The summed E-state index contributed by atoms with van der Waals surface area (Å²) in [4.78, 5) is 13.2. The van der Waals surface area contributed by atoms with Crippen LogP contribution in [0.5, 0.6) is 5.88 Å². The number of methoxy groups -OCH3 is 1. The molecule has 6 nitrogen and oxygen atoms in total. The zero-order valence-electron chi connectivity index (χ0n) is 10.4. The second kappa shape index (κ2) is 5.66. The molecule has 0 spiro atoms. The molecule has 0 atom stereocenters. The van der Waals surface area contributed by atoms with Crippen LogP contribution >= 0.6 is 0 Å². The van der Waals surface area contributed by atoms with Crippen molar-refractivity contribution < 1.29 is 14.6 Å². The Kier molecular flexibility index (Phi) is 3.96. The molecule has 98 valence electrons. The van der Waals surface area contributed by atoms with Gasteiger partial charge in [-0.2, -0.15) is 0 Å². The quantitative estimate of drug-likeness (QED) is 0.878. The number of carbonyl (C=O) groups is 1. The van der Waals surface area contributed by atoms with Gasteiger partial charge in [-0.1, -0.05) is 12.8 Å². The van der Waals surface area contributed by atoms with Crippen LogP contribution in [0.4, 0.5) is 5.82 Å². The minimum absolute atomic E-state index is 0.0565. The highest BCUT2D eigenvalue weighted by atomic mass is 16.5. The van der Waals surface area contributed by atoms with E-state index in [2.05, 4.69) is 15.1 Å². The van der Waals surface area contributed by atoms with E-state index in [-0.39, 0.29) is 11.4 Å². The minimum atomic E-state index is -1.04. The molecule has 6 heteroatoms. The van der Waals surface area contributed by atoms with Gasteiger partial charge in [0.1, 0.15) is 5.56 Å². The van der Waals surface area contributed by atoms with Crippen LogP contribution in [-0.4, -0.2) is 41.5 Å². The lowest BCUT2D eigenvalue weighted by atomic mass is 10.2. The van der Waals surface area contributed by atoms with Crippen LogP contribution in [-0.2, 0) is 0 Å². The van der Waals surface area contributed by atoms with Crippen LogP contribution < -0.4 is 9.64 Å². The molecular weight excluding hydrogens is 234 g/mol. The maximum absolute atomic E-state index is 11.1. The normalized spacial score (nSPS) is 16.2. The van der Waals surface area contributed by atoms with Crippen molar-refractivity contribution in [1.82, 2.24) is 10.2 Å². The smallest absolute Gasteiger partial charge is 0.341 e. The van der Waals surface area contributed by atoms with E-state index in [1.807, 2.05) is 0 Å². The van der Waals surface area contributed by atoms with Gasteiger partial charge in [-0.15, -0.1) is 10.2 Å². The number of nitrogens with zero attached hydrogens (tertiary/aromatic N) is 3. The van der Waals surface area contributed by atoms with Gasteiger partial charge < -0.3 is 14.7 Å². The Hall–Kier alpha value is -1.85. The van der Waals surface area contributed by atoms with Gasteiger partial charge in [0.25, 0.3) is 0 Å². The Morgan fingerprint density at radius 1 is 1.28 bits per heavy atom. The molecule has 0 saturated carbocycles. The van der Waals surface area contributed by atoms with Crippen molar-refractivity contribution in [3.63, 3.8) is 0 Å². The molecule has 1 aromatic heterocycles. The highest BCUT2D eigenvalue weighted by Gasteiger charge is 2.18. The summed E-state index contributed by atoms with van der Waals surface area (Å²) in [5.74, 6) is -0.367. The number of rotatable bonds is 3. The Labute approximate surface area is 106 Å². The molecule has 1 saturated heterocycles. The molecule has 1 aliphatic heterocycles. The molecule has 0 unspecified atom stereocenters. The summed E-state index contributed by atoms with van der Waals surface area (Å²) in [6.07, 6.45) is 4.64. The summed E-state index contributed by atoms with van der Waals surface area (Å²) in [5.41, 5.74) is 0.0618. The van der Waals surface area contributed by atoms with E-state index in [4.69, 9.17) is 9.84 Å². The lowest BCUT2D eigenvalue weighted by Gasteiger charge is -2.21. The summed E-state index contributed by atoms with van der Waals surface area (Å²) in [6, 6.07) is 1.54. The number of aromatic carboxylic acids is 1. The lowest BCUT2D eigenvalue weighted by molar-refractivity contribution is 0.0692. The van der Waals surface area contributed by atoms with E-state index < -0.39 is 5.97 Å². The molecule has 0 aromatic carbocycles. The van der Waals surface area contributed by atoms with Crippen molar-refractivity contribution in [2.24, 2.45) is 0 Å². The third kappa shape index (κ3) is 2.69. The molecule has 1 fully saturated rings. The fourth-order valence-corrected chi connectivity index (χ4v) is 2.13. The number of carboxylic acids is 1. The van der Waals surface area contributed by atoms with Crippen molar-refractivity contribution in [2.75, 3.05) is 25.1 Å². The summed E-state index contributed by atoms with van der Waals surface area (Å²) < 4.78 is 4.90. The minimum Gasteiger partial charge on any atom is -0.479 e. The average molecular weight is 251 g/mol. The Bertz CT molecular complexity index is 429. The number of anilines is 1. The average Bonchev–Trinajstić information content (AvgIpc) is 2.66. The van der Waals surface area contributed by atoms with Gasteiger partial charge in [-0.05, 0) is 12.8 Å². The van der Waals surface area contributed by atoms with Crippen molar-refractivity contribution in [2.45, 2.75) is 25.7 Å². The molecule has 2 rings (SSSR count). The molecule has 0 aliphatic carbocycles. The highest BCUT2D eigenvalue weighted by Crippen LogP contribution is 2.22. The van der Waals surface area contributed by atoms with E-state index in [1.165, 1.54) is 20.0 Å². The van der Waals surface area contributed by atoms with Crippen LogP contribution in [0.1, 0.15) is 36.0 Å². The Morgan fingerprint density at radius 2 is 1.94 bits per heavy atom. The maximum Gasteiger partial charge on any atom is 0.341 e. The molecule has 0 radical (unpaired) electrons. The van der Waals surface area contributed by atoms with Crippen molar-refractivity contribution in [3.8, 4) is 5.88 Å². The van der Waals surface area contributed by atoms with Crippen LogP contribution in [0.25, 0.3) is 0 Å². The van der Waals surface area contributed by atoms with Crippen LogP contribution in [0.3, 0.4) is 0 Å². The molecule has 1 aromatic rings. The maximum atomic E-state index is 11.1. The van der Waals surface area contributed by atoms with E-state index in [9.17, 15) is 4.79 Å². The summed E-state index contributed by atoms with van der Waals surface area (Å²) in [5, 5.41) is 17.0. The van der Waals surface area contributed by atoms with E-state index in [0.717, 1.165) is 25.9 Å². The first-order chi connectivity index (χ1) is 8.72. The summed E-state index contributed by atoms with van der Waals surface area (Å²) in [6.45, 7) is 1.81. The zero-order chi connectivity index (χ0) is 13.0. The van der Waals surface area contributed by atoms with Gasteiger partial charge in [0.2, 0.25) is 5.88 Å². The van der Waals surface area contributed by atoms with E-state index >= 15 is 0 Å². The topological polar surface area (TPSA) is 75.6 Å². The number of hydrogen-bond donors (Lipinski definition) is 1. The molecule has 2 heterocycles. The highest BCUT2D eigenvalue weighted by molar-refractivity contribution is 5.90. The molecule has 18 heavy (non-hydrogen) atoms. The van der Waals surface area contributed by atoms with Crippen molar-refractivity contribution >= 4 is 11.8 Å². The number of aromatic nitrogens is 2. The summed E-state index contributed by atoms with van der Waals surface area (Å²) in [7, 11) is 1.39. The van der Waals surface area contributed by atoms with Crippen LogP contribution in [0.15, 0.2) is 6.07 Å². The number of hydrogen-bond acceptors (Lipinski definition) is 5. The van der Waals surface area contributed by atoms with Gasteiger partial charge in [-0.3, -0.25) is 0 Å². The number of ether oxygens (including phenoxy) is 1. The standard InChI is InChI=1S/C12H17N3O3/c1-18-11-9(12(16)17)8-10(13-14-11)15-6-4-2-3-5-7-15/h8H,2-7H2,1H3,(H,16,17). The fraction of sp³-hybridized carbons (Fsp3) is 0.583. The van der Waals surface area contributed by atoms with Gasteiger partial charge in [0.05, 0.1) is 7.11 Å². The second-order valence-electron chi connectivity index (χ2n) is 4.33. The predicted octanol–water partition coefficient (Wildman–Crippen LogP) is 1.56. The Balaban J connectivity index is 2.27. The predicted molar refractivity (Wildman–Crippen MR) is 66.2 cm³/mol. The summed E-state index contributed by atoms with van der Waals surface area (Å²) >= 11 is 0. The van der Waals surface area contributed by atoms with Crippen molar-refractivity contribution in [1.29, 1.82) is 0 Å². The Morgan fingerprint density at radius 3 is 2.50 bits per heavy atom. The van der Waals surface area contributed by atoms with Gasteiger partial charge in [0, 0.05) is 19.2 Å². The molecule has 1 aliphatic rings. The molecule has 1 N–H and O–H groups in total. The lowest BCUT2D eigenvalue weighted by Crippen LogP contribution is -2.25. The molecule has 0 bridgehead atoms. The molecular formula is C12H17N3O3. The van der Waals surface area contributed by atoms with Gasteiger partial charge in [-0.25, -0.2) is 4.79 Å². The first kappa shape index (κ1) is 12.6. The number of carboxylic acid groups (broad SMARTS) is 1. The van der Waals surface area contributed by atoms with Crippen LogP contribution in [0, 0.1) is 0 Å². The third-order valence-corrected chi connectivity index (χ3v) is 3.10. The van der Waals surface area contributed by atoms with Crippen molar-refractivity contribution in [3.05, 3.63) is 11.6 Å².